The Morgan fingerprint density at radius 3 is 2.22 bits per heavy atom. The van der Waals surface area contributed by atoms with Crippen molar-refractivity contribution in [3.05, 3.63) is 35.9 Å². The summed E-state index contributed by atoms with van der Waals surface area (Å²) < 4.78 is 0. The topological polar surface area (TPSA) is 122 Å². The number of rotatable bonds is 20. The third-order valence-electron chi connectivity index (χ3n) is 9.30. The van der Waals surface area contributed by atoms with Crippen molar-refractivity contribution >= 4 is 17.7 Å². The van der Waals surface area contributed by atoms with E-state index in [1.807, 2.05) is 44.2 Å². The summed E-state index contributed by atoms with van der Waals surface area (Å²) in [5, 5.41) is 27.8. The summed E-state index contributed by atoms with van der Waals surface area (Å²) in [6.07, 6.45) is 10.2. The highest BCUT2D eigenvalue weighted by Gasteiger charge is 2.34. The fourth-order valence-corrected chi connectivity index (χ4v) is 6.34. The van der Waals surface area contributed by atoms with Crippen molar-refractivity contribution in [2.24, 2.45) is 17.8 Å². The molecule has 1 aliphatic carbocycles. The van der Waals surface area contributed by atoms with Crippen molar-refractivity contribution in [1.82, 2.24) is 20.4 Å². The van der Waals surface area contributed by atoms with Gasteiger partial charge in [-0.2, -0.15) is 0 Å². The van der Waals surface area contributed by atoms with Crippen molar-refractivity contribution in [2.45, 2.75) is 116 Å². The van der Waals surface area contributed by atoms with Gasteiger partial charge in [0.05, 0.1) is 18.1 Å². The summed E-state index contributed by atoms with van der Waals surface area (Å²) in [6.45, 7) is 11.2. The molecule has 3 amide bonds. The molecule has 5 atom stereocenters. The fraction of sp³-hybridized carbons (Fsp3) is 0.703. The van der Waals surface area contributed by atoms with Gasteiger partial charge in [0.25, 0.3) is 0 Å². The summed E-state index contributed by atoms with van der Waals surface area (Å²) >= 11 is 0. The SMILES string of the molecule is C#CC[C@H](NC(=O)C(CC(=O)N(C)CCN(CC)CC)Cc1ccccc1)C(=O)NC(CC1CCCCC1)[C@@H](O)C(O)CC(C)C. The van der Waals surface area contributed by atoms with Crippen LogP contribution in [0.5, 0.6) is 0 Å². The van der Waals surface area contributed by atoms with Gasteiger partial charge in [-0.3, -0.25) is 14.4 Å². The molecular formula is C37H60N4O5. The van der Waals surface area contributed by atoms with Crippen LogP contribution in [0.4, 0.5) is 0 Å². The van der Waals surface area contributed by atoms with Crippen LogP contribution in [-0.2, 0) is 20.8 Å². The molecule has 0 heterocycles. The number of amides is 3. The molecule has 0 saturated heterocycles. The van der Waals surface area contributed by atoms with Gasteiger partial charge in [-0.15, -0.1) is 12.3 Å². The lowest BCUT2D eigenvalue weighted by Gasteiger charge is -2.33. The van der Waals surface area contributed by atoms with Gasteiger partial charge in [0.2, 0.25) is 17.7 Å². The lowest BCUT2D eigenvalue weighted by atomic mass is 9.82. The van der Waals surface area contributed by atoms with Crippen LogP contribution in [0.1, 0.15) is 91.0 Å². The third kappa shape index (κ3) is 13.8. The maximum Gasteiger partial charge on any atom is 0.243 e. The second-order valence-electron chi connectivity index (χ2n) is 13.4. The van der Waals surface area contributed by atoms with E-state index in [2.05, 4.69) is 35.3 Å². The van der Waals surface area contributed by atoms with Crippen LogP contribution in [-0.4, -0.2) is 95.3 Å². The normalized spacial score (nSPS) is 17.0. The van der Waals surface area contributed by atoms with Crippen molar-refractivity contribution in [1.29, 1.82) is 0 Å². The highest BCUT2D eigenvalue weighted by atomic mass is 16.3. The molecule has 258 valence electrons. The number of carbonyl (C=O) groups excluding carboxylic acids is 3. The summed E-state index contributed by atoms with van der Waals surface area (Å²) in [6, 6.07) is 7.79. The van der Waals surface area contributed by atoms with Crippen LogP contribution in [0.3, 0.4) is 0 Å². The lowest BCUT2D eigenvalue weighted by molar-refractivity contribution is -0.137. The van der Waals surface area contributed by atoms with Gasteiger partial charge in [-0.05, 0) is 49.8 Å². The van der Waals surface area contributed by atoms with E-state index in [0.29, 0.717) is 31.7 Å². The van der Waals surface area contributed by atoms with Gasteiger partial charge in [-0.25, -0.2) is 0 Å². The van der Waals surface area contributed by atoms with Crippen LogP contribution < -0.4 is 10.6 Å². The van der Waals surface area contributed by atoms with Gasteiger partial charge in [0.15, 0.2) is 0 Å². The van der Waals surface area contributed by atoms with E-state index in [4.69, 9.17) is 6.42 Å². The van der Waals surface area contributed by atoms with Gasteiger partial charge < -0.3 is 30.6 Å². The molecule has 1 aliphatic rings. The molecule has 1 fully saturated rings. The van der Waals surface area contributed by atoms with Crippen molar-refractivity contribution < 1.29 is 24.6 Å². The molecule has 1 saturated carbocycles. The first-order valence-corrected chi connectivity index (χ1v) is 17.4. The number of aliphatic hydroxyl groups excluding tert-OH is 2. The van der Waals surface area contributed by atoms with Crippen LogP contribution in [0, 0.1) is 30.1 Å². The Labute approximate surface area is 277 Å². The number of likely N-dealkylation sites (N-methyl/N-ethyl adjacent to an activating group) is 2. The third-order valence-corrected chi connectivity index (χ3v) is 9.30. The molecule has 1 aromatic rings. The summed E-state index contributed by atoms with van der Waals surface area (Å²) in [7, 11) is 1.75. The molecule has 3 unspecified atom stereocenters. The first-order valence-electron chi connectivity index (χ1n) is 17.4. The number of nitrogens with one attached hydrogen (secondary N) is 2. The van der Waals surface area contributed by atoms with E-state index < -0.39 is 42.0 Å². The average Bonchev–Trinajstić information content (AvgIpc) is 3.04. The van der Waals surface area contributed by atoms with Crippen LogP contribution in [0.2, 0.25) is 0 Å². The van der Waals surface area contributed by atoms with Crippen LogP contribution >= 0.6 is 0 Å². The Balaban J connectivity index is 2.21. The number of terminal acetylenes is 1. The van der Waals surface area contributed by atoms with Crippen LogP contribution in [0.15, 0.2) is 30.3 Å². The molecule has 4 N–H and O–H groups in total. The Hall–Kier alpha value is -2.93. The Morgan fingerprint density at radius 1 is 0.978 bits per heavy atom. The Bertz CT molecular complexity index is 1080. The average molecular weight is 641 g/mol. The summed E-state index contributed by atoms with van der Waals surface area (Å²) in [5.74, 6) is 1.24. The minimum atomic E-state index is -1.15. The molecule has 9 nitrogen and oxygen atoms in total. The second-order valence-corrected chi connectivity index (χ2v) is 13.4. The molecule has 0 spiro atoms. The standard InChI is InChI=1S/C37H60N4O5/c1-7-16-31(37(46)39-32(25-29-19-14-11-15-20-29)35(44)33(42)23-27(4)5)38-36(45)30(24-28-17-12-10-13-18-28)26-34(43)40(6)21-22-41(8-2)9-3/h1,10,12-13,17-18,27,29-33,35,42,44H,8-9,11,14-16,19-26H2,2-6H3,(H,38,45)(H,39,46)/t30?,31-,32?,33?,35+/m0/s1. The smallest absolute Gasteiger partial charge is 0.243 e. The van der Waals surface area contributed by atoms with E-state index in [1.165, 1.54) is 6.42 Å². The Kier molecular flexibility index (Phi) is 18.0. The van der Waals surface area contributed by atoms with Crippen molar-refractivity contribution in [3.63, 3.8) is 0 Å². The molecule has 1 aromatic carbocycles. The number of nitrogens with zero attached hydrogens (tertiary/aromatic N) is 2. The van der Waals surface area contributed by atoms with E-state index in [-0.39, 0.29) is 24.7 Å². The lowest BCUT2D eigenvalue weighted by Crippen LogP contribution is -2.56. The minimum Gasteiger partial charge on any atom is -0.390 e. The Morgan fingerprint density at radius 2 is 1.63 bits per heavy atom. The molecular weight excluding hydrogens is 580 g/mol. The maximum absolute atomic E-state index is 13.8. The van der Waals surface area contributed by atoms with E-state index in [0.717, 1.165) is 50.9 Å². The zero-order valence-electron chi connectivity index (χ0n) is 28.9. The first kappa shape index (κ1) is 39.2. The molecule has 46 heavy (non-hydrogen) atoms. The molecule has 0 bridgehead atoms. The number of aliphatic hydroxyl groups is 2. The maximum atomic E-state index is 13.8. The van der Waals surface area contributed by atoms with E-state index in [1.54, 1.807) is 11.9 Å². The number of hydrogen-bond acceptors (Lipinski definition) is 6. The zero-order chi connectivity index (χ0) is 34.1. The number of hydrogen-bond donors (Lipinski definition) is 4. The monoisotopic (exact) mass is 640 g/mol. The predicted molar refractivity (Wildman–Crippen MR) is 184 cm³/mol. The largest absolute Gasteiger partial charge is 0.390 e. The number of carbonyl (C=O) groups is 3. The predicted octanol–water partition coefficient (Wildman–Crippen LogP) is 3.77. The minimum absolute atomic E-state index is 0.00964. The van der Waals surface area contributed by atoms with E-state index in [9.17, 15) is 24.6 Å². The fourth-order valence-electron chi connectivity index (χ4n) is 6.34. The summed E-state index contributed by atoms with van der Waals surface area (Å²) in [4.78, 5) is 44.7. The van der Waals surface area contributed by atoms with Gasteiger partial charge >= 0.3 is 0 Å². The zero-order valence-corrected chi connectivity index (χ0v) is 28.9. The summed E-state index contributed by atoms with van der Waals surface area (Å²) in [5.41, 5.74) is 0.911. The first-order chi connectivity index (χ1) is 22.0. The molecule has 0 aliphatic heterocycles. The molecule has 2 rings (SSSR count). The molecule has 0 radical (unpaired) electrons. The van der Waals surface area contributed by atoms with Gasteiger partial charge in [-0.1, -0.05) is 90.1 Å². The molecule has 0 aromatic heterocycles. The van der Waals surface area contributed by atoms with Gasteiger partial charge in [0.1, 0.15) is 12.1 Å². The van der Waals surface area contributed by atoms with Gasteiger partial charge in [0, 0.05) is 33.0 Å². The highest BCUT2D eigenvalue weighted by molar-refractivity contribution is 5.91. The van der Waals surface area contributed by atoms with Crippen molar-refractivity contribution in [2.75, 3.05) is 33.2 Å². The van der Waals surface area contributed by atoms with E-state index >= 15 is 0 Å². The highest BCUT2D eigenvalue weighted by Crippen LogP contribution is 2.29. The quantitative estimate of drug-likeness (QED) is 0.161. The second kappa shape index (κ2) is 21.0. The molecule has 9 heteroatoms. The van der Waals surface area contributed by atoms with Crippen LogP contribution in [0.25, 0.3) is 0 Å². The number of benzene rings is 1. The van der Waals surface area contributed by atoms with Crippen molar-refractivity contribution in [3.8, 4) is 12.3 Å².